The van der Waals surface area contributed by atoms with Crippen LogP contribution in [0.5, 0.6) is 0 Å². The summed E-state index contributed by atoms with van der Waals surface area (Å²) in [6, 6.07) is 25.3. The number of halogens is 5. The molecule has 0 spiro atoms. The lowest BCUT2D eigenvalue weighted by Gasteiger charge is -2.30. The van der Waals surface area contributed by atoms with E-state index in [1.54, 1.807) is 74.5 Å². The average molecular weight is 929 g/mol. The van der Waals surface area contributed by atoms with Crippen LogP contribution in [0.1, 0.15) is 54.7 Å². The number of ether oxygens (including phenoxy) is 5. The van der Waals surface area contributed by atoms with Crippen molar-refractivity contribution in [2.75, 3.05) is 52.6 Å². The van der Waals surface area contributed by atoms with Crippen LogP contribution in [0.25, 0.3) is 0 Å². The fourth-order valence-corrected chi connectivity index (χ4v) is 7.50. The minimum absolute atomic E-state index is 0.0324. The van der Waals surface area contributed by atoms with Crippen molar-refractivity contribution in [3.8, 4) is 0 Å². The van der Waals surface area contributed by atoms with Crippen LogP contribution in [0.4, 0.5) is 17.6 Å². The molecule has 3 aliphatic heterocycles. The third kappa shape index (κ3) is 14.4. The van der Waals surface area contributed by atoms with Crippen molar-refractivity contribution < 1.29 is 56.4 Å². The number of oxime groups is 1. The van der Waals surface area contributed by atoms with Gasteiger partial charge in [0, 0.05) is 29.3 Å². The van der Waals surface area contributed by atoms with E-state index in [9.17, 15) is 27.5 Å². The van der Waals surface area contributed by atoms with E-state index in [0.29, 0.717) is 25.4 Å². The van der Waals surface area contributed by atoms with Crippen molar-refractivity contribution in [1.29, 1.82) is 0 Å². The number of carbonyl (C=O) groups is 1. The fourth-order valence-electron chi connectivity index (χ4n) is 7.50. The molecule has 4 N–H and O–H groups in total. The number of aliphatic hydroxyl groups is 1. The summed E-state index contributed by atoms with van der Waals surface area (Å²) in [5.41, 5.74) is 6.64. The normalized spacial score (nSPS) is 23.9. The molecule has 354 valence electrons. The number of ketones is 1. The molecule has 65 heavy (non-hydrogen) atoms. The predicted octanol–water partition coefficient (Wildman–Crippen LogP) is 9.19. The van der Waals surface area contributed by atoms with Gasteiger partial charge in [-0.15, -0.1) is 24.8 Å². The third-order valence-corrected chi connectivity index (χ3v) is 11.4. The lowest BCUT2D eigenvalue weighted by atomic mass is 9.73. The molecule has 0 saturated carbocycles. The van der Waals surface area contributed by atoms with Crippen molar-refractivity contribution in [3.63, 3.8) is 0 Å². The summed E-state index contributed by atoms with van der Waals surface area (Å²) in [5.74, 6) is -1.80. The molecular formula is C50H61ClF4N2O8. The predicted molar refractivity (Wildman–Crippen MR) is 245 cm³/mol. The summed E-state index contributed by atoms with van der Waals surface area (Å²) < 4.78 is 81.2. The molecule has 4 aromatic carbocycles. The molecule has 7 rings (SSSR count). The maximum Gasteiger partial charge on any atom is 0.191 e. The van der Waals surface area contributed by atoms with Crippen LogP contribution in [0.15, 0.2) is 128 Å². The Morgan fingerprint density at radius 2 is 1.25 bits per heavy atom. The zero-order valence-corrected chi connectivity index (χ0v) is 38.2. The van der Waals surface area contributed by atoms with E-state index in [4.69, 9.17) is 34.6 Å². The van der Waals surface area contributed by atoms with Gasteiger partial charge in [-0.25, -0.2) is 17.6 Å². The number of alkyl halides is 1. The largest absolute Gasteiger partial charge is 0.411 e. The molecule has 8 atom stereocenters. The molecule has 0 amide bonds. The van der Waals surface area contributed by atoms with Crippen LogP contribution in [0.2, 0.25) is 0 Å². The van der Waals surface area contributed by atoms with E-state index in [0.717, 1.165) is 5.56 Å². The van der Waals surface area contributed by atoms with Crippen molar-refractivity contribution >= 4 is 23.1 Å². The van der Waals surface area contributed by atoms with Crippen molar-refractivity contribution in [1.82, 2.24) is 0 Å². The van der Waals surface area contributed by atoms with Crippen LogP contribution in [0.3, 0.4) is 0 Å². The average Bonchev–Trinajstić information content (AvgIpc) is 3.99. The Bertz CT molecular complexity index is 2140. The van der Waals surface area contributed by atoms with Gasteiger partial charge in [-0.05, 0) is 69.7 Å². The number of hydrogen-bond acceptors (Lipinski definition) is 10. The molecule has 3 heterocycles. The molecular weight excluding hydrogens is 868 g/mol. The van der Waals surface area contributed by atoms with Crippen LogP contribution in [-0.2, 0) is 34.6 Å². The van der Waals surface area contributed by atoms with Gasteiger partial charge >= 0.3 is 0 Å². The molecule has 3 aliphatic rings. The lowest BCUT2D eigenvalue weighted by molar-refractivity contribution is 0.0577. The van der Waals surface area contributed by atoms with Gasteiger partial charge in [0.2, 0.25) is 0 Å². The van der Waals surface area contributed by atoms with Crippen molar-refractivity contribution in [2.45, 2.75) is 63.1 Å². The Labute approximate surface area is 384 Å². The van der Waals surface area contributed by atoms with Crippen molar-refractivity contribution in [2.24, 2.45) is 22.7 Å². The first-order chi connectivity index (χ1) is 31.2. The van der Waals surface area contributed by atoms with Gasteiger partial charge in [0.25, 0.3) is 0 Å². The Morgan fingerprint density at radius 1 is 0.769 bits per heavy atom. The molecule has 3 fully saturated rings. The number of rotatable bonds is 13. The maximum absolute atomic E-state index is 13.9. The number of nitrogens with zero attached hydrogens (tertiary/aromatic N) is 1. The standard InChI is InChI=1S/C13H15FO2.C12H16FNO2.C12H14FNO2.C12H13FO2.CH3Cl/c1-9-11-6-15-7-13(11,8-16-9)10-4-2-3-5-12(10)14;1-8-10(6-15)12(14,7-16-8)9-4-2-3-5-11(9)13;1-3-9(2)16-8-12(14-15)10-6-4-5-7-11(10)13;1-3-9(2)15-8-12(14)10-6-4-5-7-11(10)13;1-2/h2-5,9,11H,6-8H2,1H3;2-5,8,10,15H,6-7,14H2,1H3;3-7,9,15H,1,8H2,2H3;3-7,9H,1,8H2,2H3;1H3/b;;14-12+;;/t9-,11-,13+;8-,10-,12-;;;/m11.../s1. The van der Waals surface area contributed by atoms with Crippen LogP contribution >= 0.6 is 11.6 Å². The van der Waals surface area contributed by atoms with Gasteiger partial charge in [-0.2, -0.15) is 0 Å². The fraction of sp³-hybridized carbons (Fsp3) is 0.400. The van der Waals surface area contributed by atoms with Gasteiger partial charge in [0.1, 0.15) is 35.6 Å². The zero-order valence-electron chi connectivity index (χ0n) is 37.5. The molecule has 3 saturated heterocycles. The van der Waals surface area contributed by atoms with Crippen LogP contribution in [-0.4, -0.2) is 98.9 Å². The van der Waals surface area contributed by atoms with Crippen LogP contribution in [0, 0.1) is 35.1 Å². The molecule has 4 aromatic rings. The highest BCUT2D eigenvalue weighted by Gasteiger charge is 2.54. The van der Waals surface area contributed by atoms with Gasteiger partial charge in [-0.1, -0.05) is 78.0 Å². The topological polar surface area (TPSA) is 142 Å². The van der Waals surface area contributed by atoms with E-state index in [-0.39, 0.29) is 102 Å². The summed E-state index contributed by atoms with van der Waals surface area (Å²) in [5, 5.41) is 21.2. The van der Waals surface area contributed by atoms with Crippen molar-refractivity contribution in [3.05, 3.63) is 168 Å². The maximum atomic E-state index is 13.9. The van der Waals surface area contributed by atoms with E-state index in [1.165, 1.54) is 42.8 Å². The number of hydrogen-bond donors (Lipinski definition) is 3. The second kappa shape index (κ2) is 27.0. The second-order valence-electron chi connectivity index (χ2n) is 15.5. The third-order valence-electron chi connectivity index (χ3n) is 11.4. The Balaban J connectivity index is 0.000000227. The number of fused-ring (bicyclic) bond motifs is 1. The lowest BCUT2D eigenvalue weighted by Crippen LogP contribution is -2.47. The number of Topliss-reactive ketones (excluding diaryl/α,β-unsaturated/α-hetero) is 1. The minimum atomic E-state index is -0.931. The van der Waals surface area contributed by atoms with Gasteiger partial charge in [0.05, 0.1) is 80.6 Å². The molecule has 0 radical (unpaired) electrons. The minimum Gasteiger partial charge on any atom is -0.411 e. The number of benzene rings is 4. The molecule has 0 bridgehead atoms. The molecule has 2 unspecified atom stereocenters. The number of aliphatic hydroxyl groups excluding tert-OH is 1. The molecule has 0 aliphatic carbocycles. The quantitative estimate of drug-likeness (QED) is 0.0228. The summed E-state index contributed by atoms with van der Waals surface area (Å²) in [6.45, 7) is 16.4. The van der Waals surface area contributed by atoms with Gasteiger partial charge in [-0.3, -0.25) is 4.79 Å². The first-order valence-corrected chi connectivity index (χ1v) is 21.7. The monoisotopic (exact) mass is 928 g/mol. The van der Waals surface area contributed by atoms with Crippen LogP contribution < -0.4 is 5.73 Å². The number of carbonyl (C=O) groups excluding carboxylic acids is 1. The van der Waals surface area contributed by atoms with E-state index in [1.807, 2.05) is 26.0 Å². The molecule has 10 nitrogen and oxygen atoms in total. The number of nitrogens with two attached hydrogens (primary N) is 1. The smallest absolute Gasteiger partial charge is 0.191 e. The zero-order chi connectivity index (χ0) is 48.2. The molecule has 0 aromatic heterocycles. The summed E-state index contributed by atoms with van der Waals surface area (Å²) in [6.07, 6.45) is 4.27. The highest BCUT2D eigenvalue weighted by molar-refractivity contribution is 6.15. The highest BCUT2D eigenvalue weighted by Crippen LogP contribution is 2.46. The van der Waals surface area contributed by atoms with E-state index >= 15 is 0 Å². The van der Waals surface area contributed by atoms with E-state index < -0.39 is 17.2 Å². The van der Waals surface area contributed by atoms with Gasteiger partial charge < -0.3 is 39.7 Å². The molecule has 15 heteroatoms. The SMILES string of the molecule is C=CC(C)OC/C(=N\O)c1ccccc1F.C=CC(C)OCC(=O)c1ccccc1F.CCl.C[C@H]1OC[C@@](N)(c2ccccc2F)[C@@H]1CO.C[C@H]1OC[C@]2(c3ccccc3F)COC[C@H]12. The first-order valence-electron chi connectivity index (χ1n) is 21.0. The summed E-state index contributed by atoms with van der Waals surface area (Å²) in [4.78, 5) is 11.5. The van der Waals surface area contributed by atoms with E-state index in [2.05, 4.69) is 29.9 Å². The Hall–Kier alpha value is -4.77. The Kier molecular flexibility index (Phi) is 22.7. The summed E-state index contributed by atoms with van der Waals surface area (Å²) in [7, 11) is 0. The van der Waals surface area contributed by atoms with Gasteiger partial charge in [0.15, 0.2) is 5.78 Å². The highest BCUT2D eigenvalue weighted by atomic mass is 35.5. The second-order valence-corrected chi connectivity index (χ2v) is 15.5. The summed E-state index contributed by atoms with van der Waals surface area (Å²) >= 11 is 4.64. The Morgan fingerprint density at radius 3 is 1.75 bits per heavy atom. The first kappa shape index (κ1) is 54.6.